The number of hydrogen-bond acceptors (Lipinski definition) is 4. The number of nitrogens with zero attached hydrogens (tertiary/aromatic N) is 2. The highest BCUT2D eigenvalue weighted by molar-refractivity contribution is 9.10. The summed E-state index contributed by atoms with van der Waals surface area (Å²) in [4.78, 5) is 9.09. The molecule has 0 bridgehead atoms. The minimum absolute atomic E-state index is 0.648. The molecule has 2 heterocycles. The van der Waals surface area contributed by atoms with Crippen LogP contribution in [0.3, 0.4) is 0 Å². The van der Waals surface area contributed by atoms with Crippen LogP contribution in [-0.2, 0) is 0 Å². The maximum atomic E-state index is 5.35. The Kier molecular flexibility index (Phi) is 10.3. The lowest BCUT2D eigenvalue weighted by Crippen LogP contribution is -1.95. The zero-order valence-electron chi connectivity index (χ0n) is 25.0. The van der Waals surface area contributed by atoms with Gasteiger partial charge in [-0.3, -0.25) is 0 Å². The lowest BCUT2D eigenvalue weighted by Gasteiger charge is -2.11. The van der Waals surface area contributed by atoms with Crippen LogP contribution in [0.15, 0.2) is 130 Å². The summed E-state index contributed by atoms with van der Waals surface area (Å²) in [6.45, 7) is 3.99. The normalized spacial score (nSPS) is 10.5. The van der Waals surface area contributed by atoms with E-state index >= 15 is 0 Å². The van der Waals surface area contributed by atoms with Crippen molar-refractivity contribution < 1.29 is 9.47 Å². The Balaban J connectivity index is 0.000000175. The Morgan fingerprint density at radius 2 is 0.932 bits per heavy atom. The maximum Gasteiger partial charge on any atom is 0.217 e. The summed E-state index contributed by atoms with van der Waals surface area (Å²) >= 11 is 7.16. The first-order valence-corrected chi connectivity index (χ1v) is 15.7. The van der Waals surface area contributed by atoms with Crippen molar-refractivity contribution >= 4 is 31.9 Å². The number of methoxy groups -OCH3 is 2. The van der Waals surface area contributed by atoms with E-state index in [0.29, 0.717) is 11.8 Å². The molecule has 0 unspecified atom stereocenters. The van der Waals surface area contributed by atoms with E-state index in [2.05, 4.69) is 133 Å². The van der Waals surface area contributed by atoms with Crippen LogP contribution in [0, 0.1) is 13.8 Å². The predicted octanol–water partition coefficient (Wildman–Crippen LogP) is 11.0. The molecule has 0 aliphatic heterocycles. The van der Waals surface area contributed by atoms with Crippen molar-refractivity contribution in [2.75, 3.05) is 14.2 Å². The molecule has 0 radical (unpaired) electrons. The molecule has 0 amide bonds. The van der Waals surface area contributed by atoms with Crippen LogP contribution in [0.25, 0.3) is 44.6 Å². The van der Waals surface area contributed by atoms with E-state index < -0.39 is 0 Å². The molecule has 6 rings (SSSR count). The molecule has 0 saturated heterocycles. The third-order valence-corrected chi connectivity index (χ3v) is 8.36. The zero-order valence-corrected chi connectivity index (χ0v) is 28.2. The molecule has 0 saturated carbocycles. The van der Waals surface area contributed by atoms with Crippen molar-refractivity contribution in [1.82, 2.24) is 9.97 Å². The van der Waals surface area contributed by atoms with Gasteiger partial charge in [-0.05, 0) is 97.8 Å². The van der Waals surface area contributed by atoms with Crippen LogP contribution in [0.2, 0.25) is 0 Å². The number of halogens is 2. The number of ether oxygens (including phenoxy) is 2. The van der Waals surface area contributed by atoms with Crippen LogP contribution >= 0.6 is 31.9 Å². The summed E-state index contributed by atoms with van der Waals surface area (Å²) in [6, 6.07) is 41.7. The highest BCUT2D eigenvalue weighted by atomic mass is 79.9. The molecular weight excluding hydrogens is 676 g/mol. The van der Waals surface area contributed by atoms with E-state index in [-0.39, 0.29) is 0 Å². The molecule has 0 aliphatic carbocycles. The molecule has 4 aromatic carbocycles. The van der Waals surface area contributed by atoms with Crippen LogP contribution in [0.1, 0.15) is 11.1 Å². The molecule has 4 nitrogen and oxygen atoms in total. The van der Waals surface area contributed by atoms with Crippen molar-refractivity contribution in [3.05, 3.63) is 142 Å². The lowest BCUT2D eigenvalue weighted by atomic mass is 9.99. The van der Waals surface area contributed by atoms with Crippen molar-refractivity contribution in [3.8, 4) is 56.4 Å². The highest BCUT2D eigenvalue weighted by Gasteiger charge is 2.12. The number of benzene rings is 4. The second kappa shape index (κ2) is 14.5. The quantitative estimate of drug-likeness (QED) is 0.162. The molecule has 2 aromatic heterocycles. The smallest absolute Gasteiger partial charge is 0.217 e. The van der Waals surface area contributed by atoms with Gasteiger partial charge in [-0.2, -0.15) is 0 Å². The van der Waals surface area contributed by atoms with Crippen molar-refractivity contribution in [2.45, 2.75) is 13.8 Å². The van der Waals surface area contributed by atoms with Gasteiger partial charge in [0, 0.05) is 26.7 Å². The second-order valence-electron chi connectivity index (χ2n) is 10.2. The van der Waals surface area contributed by atoms with Gasteiger partial charge in [-0.1, -0.05) is 97.1 Å². The third kappa shape index (κ3) is 7.26. The SMILES string of the molecule is COc1nc(-c2cccc(-c3ccccc3)c2)c(Br)cc1C.COc1nc(Br)c(-c2cccc(-c3ccccc3)c2)cc1C. The first-order valence-electron chi connectivity index (χ1n) is 14.1. The molecule has 220 valence electrons. The molecule has 44 heavy (non-hydrogen) atoms. The van der Waals surface area contributed by atoms with Gasteiger partial charge in [-0.15, -0.1) is 0 Å². The van der Waals surface area contributed by atoms with Gasteiger partial charge in [-0.25, -0.2) is 9.97 Å². The molecule has 6 aromatic rings. The Bertz CT molecular complexity index is 1880. The number of aromatic nitrogens is 2. The highest BCUT2D eigenvalue weighted by Crippen LogP contribution is 2.34. The van der Waals surface area contributed by atoms with Gasteiger partial charge in [0.15, 0.2) is 0 Å². The number of rotatable bonds is 6. The number of pyridine rings is 2. The van der Waals surface area contributed by atoms with Crippen molar-refractivity contribution in [3.63, 3.8) is 0 Å². The monoisotopic (exact) mass is 706 g/mol. The summed E-state index contributed by atoms with van der Waals surface area (Å²) in [6.07, 6.45) is 0. The fourth-order valence-corrected chi connectivity index (χ4v) is 6.10. The summed E-state index contributed by atoms with van der Waals surface area (Å²) < 4.78 is 12.4. The largest absolute Gasteiger partial charge is 0.481 e. The molecule has 0 spiro atoms. The fourth-order valence-electron chi connectivity index (χ4n) is 4.93. The maximum absolute atomic E-state index is 5.35. The Morgan fingerprint density at radius 1 is 0.477 bits per heavy atom. The molecule has 0 N–H and O–H groups in total. The van der Waals surface area contributed by atoms with E-state index in [1.165, 1.54) is 22.3 Å². The molecular formula is C38H32Br2N2O2. The number of hydrogen-bond donors (Lipinski definition) is 0. The topological polar surface area (TPSA) is 44.2 Å². The van der Waals surface area contributed by atoms with E-state index in [1.807, 2.05) is 44.2 Å². The van der Waals surface area contributed by atoms with Gasteiger partial charge >= 0.3 is 0 Å². The standard InChI is InChI=1S/2C19H16BrNO/c1-13-11-17(20)18(21-19(13)22-2)16-10-6-9-15(12-16)14-7-4-3-5-8-14;1-13-11-17(18(20)21-19(13)22-2)16-10-6-9-15(12-16)14-7-4-3-5-8-14/h2*3-12H,1-2H3. The van der Waals surface area contributed by atoms with Crippen LogP contribution in [-0.4, -0.2) is 24.2 Å². The lowest BCUT2D eigenvalue weighted by molar-refractivity contribution is 0.394. The molecule has 6 heteroatoms. The first kappa shape index (κ1) is 31.2. The van der Waals surface area contributed by atoms with E-state index in [4.69, 9.17) is 9.47 Å². The second-order valence-corrected chi connectivity index (χ2v) is 11.8. The Labute approximate surface area is 276 Å². The van der Waals surface area contributed by atoms with Crippen LogP contribution < -0.4 is 9.47 Å². The Hall–Kier alpha value is -4.26. The minimum Gasteiger partial charge on any atom is -0.481 e. The summed E-state index contributed by atoms with van der Waals surface area (Å²) in [5, 5.41) is 0. The van der Waals surface area contributed by atoms with E-state index in [0.717, 1.165) is 42.6 Å². The van der Waals surface area contributed by atoms with Gasteiger partial charge in [0.1, 0.15) is 4.60 Å². The van der Waals surface area contributed by atoms with Gasteiger partial charge in [0.2, 0.25) is 11.8 Å². The van der Waals surface area contributed by atoms with Gasteiger partial charge < -0.3 is 9.47 Å². The summed E-state index contributed by atoms with van der Waals surface area (Å²) in [7, 11) is 3.28. The predicted molar refractivity (Wildman–Crippen MR) is 188 cm³/mol. The van der Waals surface area contributed by atoms with Crippen LogP contribution in [0.4, 0.5) is 0 Å². The summed E-state index contributed by atoms with van der Waals surface area (Å²) in [5.41, 5.74) is 10.9. The third-order valence-electron chi connectivity index (χ3n) is 7.15. The molecule has 0 fully saturated rings. The average molecular weight is 708 g/mol. The van der Waals surface area contributed by atoms with Crippen molar-refractivity contribution in [2.24, 2.45) is 0 Å². The zero-order chi connectivity index (χ0) is 31.1. The van der Waals surface area contributed by atoms with Gasteiger partial charge in [0.05, 0.1) is 19.9 Å². The van der Waals surface area contributed by atoms with E-state index in [9.17, 15) is 0 Å². The summed E-state index contributed by atoms with van der Waals surface area (Å²) in [5.74, 6) is 1.30. The minimum atomic E-state index is 0.648. The first-order chi connectivity index (χ1) is 21.4. The Morgan fingerprint density at radius 3 is 1.50 bits per heavy atom. The average Bonchev–Trinajstić information content (AvgIpc) is 3.07. The van der Waals surface area contributed by atoms with Crippen LogP contribution in [0.5, 0.6) is 11.8 Å². The molecule has 0 atom stereocenters. The molecule has 0 aliphatic rings. The number of aryl methyl sites for hydroxylation is 2. The fraction of sp³-hybridized carbons (Fsp3) is 0.105. The van der Waals surface area contributed by atoms with Gasteiger partial charge in [0.25, 0.3) is 0 Å². The van der Waals surface area contributed by atoms with E-state index in [1.54, 1.807) is 14.2 Å². The van der Waals surface area contributed by atoms with Crippen molar-refractivity contribution in [1.29, 1.82) is 0 Å².